The lowest BCUT2D eigenvalue weighted by atomic mass is 9.80. The minimum absolute atomic E-state index is 0.694. The Bertz CT molecular complexity index is 901. The molecule has 5 heteroatoms. The van der Waals surface area contributed by atoms with Crippen molar-refractivity contribution < 1.29 is 17.9 Å². The van der Waals surface area contributed by atoms with Crippen molar-refractivity contribution in [2.75, 3.05) is 14.2 Å². The summed E-state index contributed by atoms with van der Waals surface area (Å²) in [6.07, 6.45) is 0. The highest BCUT2D eigenvalue weighted by molar-refractivity contribution is 7.80. The molecule has 0 bridgehead atoms. The smallest absolute Gasteiger partial charge is 0.191 e. The summed E-state index contributed by atoms with van der Waals surface area (Å²) >= 11 is -1.54. The number of rotatable bonds is 4. The number of ether oxygens (including phenoxy) is 2. The molecule has 0 spiro atoms. The third-order valence-electron chi connectivity index (χ3n) is 4.64. The molecule has 1 atom stereocenters. The van der Waals surface area contributed by atoms with E-state index in [9.17, 15) is 4.21 Å². The summed E-state index contributed by atoms with van der Waals surface area (Å²) < 4.78 is 29.4. The molecule has 4 nitrogen and oxygen atoms in total. The van der Waals surface area contributed by atoms with Gasteiger partial charge in [0.25, 0.3) is 0 Å². The summed E-state index contributed by atoms with van der Waals surface area (Å²) in [6.45, 7) is 0. The van der Waals surface area contributed by atoms with Crippen LogP contribution in [-0.4, -0.2) is 18.4 Å². The zero-order valence-electron chi connectivity index (χ0n) is 14.5. The maximum atomic E-state index is 12.7. The van der Waals surface area contributed by atoms with Crippen LogP contribution < -0.4 is 9.47 Å². The van der Waals surface area contributed by atoms with Gasteiger partial charge in [-0.3, -0.25) is 4.18 Å². The molecule has 4 rings (SSSR count). The van der Waals surface area contributed by atoms with Gasteiger partial charge in [-0.2, -0.15) is 0 Å². The molecule has 1 aliphatic heterocycles. The van der Waals surface area contributed by atoms with Gasteiger partial charge in [0.2, 0.25) is 0 Å². The zero-order valence-corrected chi connectivity index (χ0v) is 15.3. The largest absolute Gasteiger partial charge is 0.497 e. The van der Waals surface area contributed by atoms with E-state index in [0.717, 1.165) is 28.2 Å². The van der Waals surface area contributed by atoms with Crippen LogP contribution in [0, 0.1) is 0 Å². The molecule has 3 aromatic rings. The normalized spacial score (nSPS) is 17.5. The van der Waals surface area contributed by atoms with Crippen LogP contribution in [0.25, 0.3) is 0 Å². The van der Waals surface area contributed by atoms with E-state index < -0.39 is 16.7 Å². The number of hydrogen-bond acceptors (Lipinski definition) is 4. The predicted octanol–water partition coefficient (Wildman–Crippen LogP) is 4.05. The van der Waals surface area contributed by atoms with E-state index in [1.54, 1.807) is 14.2 Å². The Labute approximate surface area is 155 Å². The van der Waals surface area contributed by atoms with Gasteiger partial charge in [0.1, 0.15) is 11.5 Å². The van der Waals surface area contributed by atoms with Crippen molar-refractivity contribution in [2.45, 2.75) is 10.5 Å². The molecular weight excluding hydrogens is 348 g/mol. The summed E-state index contributed by atoms with van der Waals surface area (Å²) in [5.74, 6) is 1.51. The number of methoxy groups -OCH3 is 2. The number of hydrogen-bond donors (Lipinski definition) is 0. The first kappa shape index (κ1) is 16.8. The Hall–Kier alpha value is -2.63. The molecule has 0 fully saturated rings. The third kappa shape index (κ3) is 2.52. The summed E-state index contributed by atoms with van der Waals surface area (Å²) in [6, 6.07) is 22.9. The van der Waals surface area contributed by atoms with Crippen molar-refractivity contribution in [3.05, 3.63) is 89.5 Å². The van der Waals surface area contributed by atoms with Gasteiger partial charge in [-0.15, -0.1) is 0 Å². The first-order chi connectivity index (χ1) is 12.7. The summed E-state index contributed by atoms with van der Waals surface area (Å²) in [7, 11) is 3.26. The molecule has 1 aliphatic rings. The van der Waals surface area contributed by atoms with E-state index in [1.807, 2.05) is 72.8 Å². The highest BCUT2D eigenvalue weighted by Crippen LogP contribution is 2.49. The summed E-state index contributed by atoms with van der Waals surface area (Å²) in [5.41, 5.74) is 1.72. The Kier molecular flexibility index (Phi) is 4.26. The topological polar surface area (TPSA) is 44.8 Å². The fourth-order valence-electron chi connectivity index (χ4n) is 3.33. The average molecular weight is 366 g/mol. The molecule has 0 aliphatic carbocycles. The monoisotopic (exact) mass is 366 g/mol. The third-order valence-corrected chi connectivity index (χ3v) is 5.76. The second-order valence-electron chi connectivity index (χ2n) is 5.95. The molecular formula is C21H18O4S. The molecule has 26 heavy (non-hydrogen) atoms. The lowest BCUT2D eigenvalue weighted by molar-refractivity contribution is 0.192. The second kappa shape index (κ2) is 6.59. The molecule has 1 heterocycles. The van der Waals surface area contributed by atoms with E-state index in [0.29, 0.717) is 4.90 Å². The molecule has 0 aromatic heterocycles. The molecule has 0 saturated heterocycles. The van der Waals surface area contributed by atoms with Crippen LogP contribution >= 0.6 is 0 Å². The fourth-order valence-corrected chi connectivity index (χ4v) is 4.51. The van der Waals surface area contributed by atoms with Crippen LogP contribution in [0.3, 0.4) is 0 Å². The Morgan fingerprint density at radius 1 is 0.769 bits per heavy atom. The van der Waals surface area contributed by atoms with Crippen molar-refractivity contribution in [3.8, 4) is 11.5 Å². The van der Waals surface area contributed by atoms with Gasteiger partial charge < -0.3 is 9.47 Å². The Balaban J connectivity index is 1.96. The van der Waals surface area contributed by atoms with E-state index in [4.69, 9.17) is 13.7 Å². The molecule has 0 N–H and O–H groups in total. The molecule has 0 radical (unpaired) electrons. The van der Waals surface area contributed by atoms with Gasteiger partial charge in [0.15, 0.2) is 16.7 Å². The van der Waals surface area contributed by atoms with Crippen molar-refractivity contribution in [2.24, 2.45) is 0 Å². The minimum atomic E-state index is -1.54. The van der Waals surface area contributed by atoms with Crippen LogP contribution in [0.5, 0.6) is 11.5 Å². The van der Waals surface area contributed by atoms with Gasteiger partial charge >= 0.3 is 0 Å². The Morgan fingerprint density at radius 3 is 1.77 bits per heavy atom. The van der Waals surface area contributed by atoms with E-state index >= 15 is 0 Å². The van der Waals surface area contributed by atoms with Crippen molar-refractivity contribution >= 4 is 11.1 Å². The molecule has 3 aromatic carbocycles. The first-order valence-corrected chi connectivity index (χ1v) is 9.26. The van der Waals surface area contributed by atoms with Crippen molar-refractivity contribution in [3.63, 3.8) is 0 Å². The van der Waals surface area contributed by atoms with Crippen LogP contribution in [0.1, 0.15) is 16.7 Å². The number of fused-ring (bicyclic) bond motifs is 1. The van der Waals surface area contributed by atoms with Gasteiger partial charge in [0.05, 0.1) is 19.1 Å². The van der Waals surface area contributed by atoms with Crippen molar-refractivity contribution in [1.29, 1.82) is 0 Å². The molecule has 132 valence electrons. The van der Waals surface area contributed by atoms with E-state index in [1.165, 1.54) is 0 Å². The van der Waals surface area contributed by atoms with Crippen LogP contribution in [0.2, 0.25) is 0 Å². The summed E-state index contributed by atoms with van der Waals surface area (Å²) in [5, 5.41) is 0. The summed E-state index contributed by atoms with van der Waals surface area (Å²) in [4.78, 5) is 0.694. The fraction of sp³-hybridized carbons (Fsp3) is 0.143. The van der Waals surface area contributed by atoms with Gasteiger partial charge in [-0.1, -0.05) is 42.5 Å². The first-order valence-electron chi connectivity index (χ1n) is 8.19. The molecule has 0 saturated carbocycles. The second-order valence-corrected chi connectivity index (χ2v) is 7.03. The highest BCUT2D eigenvalue weighted by atomic mass is 32.2. The van der Waals surface area contributed by atoms with Gasteiger partial charge in [-0.05, 0) is 41.5 Å². The SMILES string of the molecule is COc1ccc(C2(c3ccc(OC)cc3)OS(=O)c3ccccc32)cc1. The lowest BCUT2D eigenvalue weighted by Crippen LogP contribution is -2.28. The minimum Gasteiger partial charge on any atom is -0.497 e. The van der Waals surface area contributed by atoms with E-state index in [2.05, 4.69) is 0 Å². The predicted molar refractivity (Wildman–Crippen MR) is 99.8 cm³/mol. The van der Waals surface area contributed by atoms with E-state index in [-0.39, 0.29) is 0 Å². The highest BCUT2D eigenvalue weighted by Gasteiger charge is 2.47. The quantitative estimate of drug-likeness (QED) is 0.699. The molecule has 1 unspecified atom stereocenters. The number of benzene rings is 3. The van der Waals surface area contributed by atoms with Crippen LogP contribution in [0.4, 0.5) is 0 Å². The molecule has 0 amide bonds. The zero-order chi connectivity index (χ0) is 18.1. The lowest BCUT2D eigenvalue weighted by Gasteiger charge is -2.29. The average Bonchev–Trinajstić information content (AvgIpc) is 3.02. The van der Waals surface area contributed by atoms with Crippen LogP contribution in [0.15, 0.2) is 77.7 Å². The van der Waals surface area contributed by atoms with Crippen molar-refractivity contribution in [1.82, 2.24) is 0 Å². The maximum Gasteiger partial charge on any atom is 0.191 e. The van der Waals surface area contributed by atoms with Gasteiger partial charge in [0, 0.05) is 5.56 Å². The van der Waals surface area contributed by atoms with Crippen LogP contribution in [-0.2, 0) is 20.9 Å². The Morgan fingerprint density at radius 2 is 1.27 bits per heavy atom. The standard InChI is InChI=1S/C21H18O4S/c1-23-17-11-7-15(8-12-17)21(16-9-13-18(24-2)14-10-16)19-5-3-4-6-20(19)26(22)25-21/h3-14H,1-2H3. The van der Waals surface area contributed by atoms with Gasteiger partial charge in [-0.25, -0.2) is 4.21 Å². The maximum absolute atomic E-state index is 12.7.